The molecule has 140 valence electrons. The van der Waals surface area contributed by atoms with Crippen LogP contribution in [0.2, 0.25) is 0 Å². The summed E-state index contributed by atoms with van der Waals surface area (Å²) >= 11 is 0. The number of ether oxygens (including phenoxy) is 1. The summed E-state index contributed by atoms with van der Waals surface area (Å²) in [5.74, 6) is -2.85. The highest BCUT2D eigenvalue weighted by Crippen LogP contribution is 2.14. The molecule has 0 aromatic rings. The molecule has 1 atom stereocenters. The Morgan fingerprint density at radius 2 is 1.75 bits per heavy atom. The lowest BCUT2D eigenvalue weighted by atomic mass is 10.1. The third-order valence-electron chi connectivity index (χ3n) is 3.15. The van der Waals surface area contributed by atoms with Crippen LogP contribution in [0.25, 0.3) is 0 Å². The number of unbranched alkanes of at least 4 members (excludes halogenated alkanes) is 2. The van der Waals surface area contributed by atoms with Gasteiger partial charge in [0.15, 0.2) is 0 Å². The molecule has 2 N–H and O–H groups in total. The largest absolute Gasteiger partial charge is 0.471 e. The maximum Gasteiger partial charge on any atom is 0.471 e. The summed E-state index contributed by atoms with van der Waals surface area (Å²) < 4.78 is 41.1. The van der Waals surface area contributed by atoms with Crippen LogP contribution in [0.1, 0.15) is 52.4 Å². The number of halogens is 3. The fraction of sp³-hybridized carbons (Fsp3) is 0.800. The van der Waals surface area contributed by atoms with Crippen molar-refractivity contribution in [3.05, 3.63) is 0 Å². The van der Waals surface area contributed by atoms with Crippen LogP contribution in [0.3, 0.4) is 0 Å². The second-order valence-electron chi connectivity index (χ2n) is 5.24. The van der Waals surface area contributed by atoms with Crippen LogP contribution >= 0.6 is 0 Å². The number of hydrogen-bond acceptors (Lipinski definition) is 4. The number of hydrogen-bond donors (Lipinski definition) is 2. The number of rotatable bonds is 11. The van der Waals surface area contributed by atoms with E-state index in [-0.39, 0.29) is 38.3 Å². The third kappa shape index (κ3) is 10.1. The first kappa shape index (κ1) is 22.2. The molecular weight excluding hydrogens is 329 g/mol. The molecule has 0 rings (SSSR count). The van der Waals surface area contributed by atoms with Gasteiger partial charge in [0.1, 0.15) is 6.04 Å². The molecule has 24 heavy (non-hydrogen) atoms. The summed E-state index contributed by atoms with van der Waals surface area (Å²) in [7, 11) is 0. The first-order chi connectivity index (χ1) is 11.2. The minimum absolute atomic E-state index is 0.155. The van der Waals surface area contributed by atoms with Gasteiger partial charge in [-0.1, -0.05) is 20.3 Å². The van der Waals surface area contributed by atoms with Crippen LogP contribution < -0.4 is 10.6 Å². The van der Waals surface area contributed by atoms with Gasteiger partial charge in [-0.05, 0) is 25.7 Å². The van der Waals surface area contributed by atoms with Crippen LogP contribution in [-0.4, -0.2) is 43.2 Å². The lowest BCUT2D eigenvalue weighted by Gasteiger charge is -2.17. The first-order valence-electron chi connectivity index (χ1n) is 8.03. The Balaban J connectivity index is 4.23. The number of nitrogens with one attached hydrogen (secondary N) is 2. The van der Waals surface area contributed by atoms with Crippen molar-refractivity contribution in [3.63, 3.8) is 0 Å². The van der Waals surface area contributed by atoms with E-state index in [9.17, 15) is 27.6 Å². The van der Waals surface area contributed by atoms with Crippen LogP contribution in [0.4, 0.5) is 13.2 Å². The van der Waals surface area contributed by atoms with E-state index in [0.29, 0.717) is 12.8 Å². The van der Waals surface area contributed by atoms with Crippen molar-refractivity contribution in [2.24, 2.45) is 0 Å². The van der Waals surface area contributed by atoms with Gasteiger partial charge in [0.2, 0.25) is 5.91 Å². The van der Waals surface area contributed by atoms with Crippen molar-refractivity contribution in [2.75, 3.05) is 13.2 Å². The van der Waals surface area contributed by atoms with Crippen molar-refractivity contribution >= 4 is 17.8 Å². The van der Waals surface area contributed by atoms with E-state index in [1.54, 1.807) is 12.2 Å². The molecule has 0 fully saturated rings. The topological polar surface area (TPSA) is 84.5 Å². The Morgan fingerprint density at radius 1 is 1.08 bits per heavy atom. The van der Waals surface area contributed by atoms with Crippen LogP contribution in [0.5, 0.6) is 0 Å². The van der Waals surface area contributed by atoms with E-state index in [1.165, 1.54) is 0 Å². The maximum atomic E-state index is 12.0. The molecule has 0 saturated heterocycles. The molecule has 0 aromatic carbocycles. The molecule has 0 saturated carbocycles. The Bertz CT molecular complexity index is 414. The summed E-state index contributed by atoms with van der Waals surface area (Å²) in [5.41, 5.74) is 0. The highest BCUT2D eigenvalue weighted by atomic mass is 19.4. The zero-order valence-electron chi connectivity index (χ0n) is 14.0. The monoisotopic (exact) mass is 354 g/mol. The smallest absolute Gasteiger partial charge is 0.464 e. The van der Waals surface area contributed by atoms with Crippen LogP contribution in [0.15, 0.2) is 0 Å². The first-order valence-corrected chi connectivity index (χ1v) is 8.03. The second kappa shape index (κ2) is 11.7. The van der Waals surface area contributed by atoms with E-state index in [4.69, 9.17) is 4.74 Å². The maximum absolute atomic E-state index is 12.0. The van der Waals surface area contributed by atoms with Crippen molar-refractivity contribution in [1.82, 2.24) is 10.6 Å². The molecule has 6 nitrogen and oxygen atoms in total. The number of amides is 2. The van der Waals surface area contributed by atoms with E-state index >= 15 is 0 Å². The minimum atomic E-state index is -4.90. The molecule has 0 aliphatic rings. The van der Waals surface area contributed by atoms with Crippen molar-refractivity contribution in [1.29, 1.82) is 0 Å². The van der Waals surface area contributed by atoms with Gasteiger partial charge in [-0.25, -0.2) is 4.79 Å². The summed E-state index contributed by atoms with van der Waals surface area (Å²) in [4.78, 5) is 34.0. The summed E-state index contributed by atoms with van der Waals surface area (Å²) in [5, 5.41) is 4.29. The SMILES string of the molecule is CCCCOC(=O)C(CCCCNC(=O)C(F)(F)F)NC(=O)CC. The van der Waals surface area contributed by atoms with Gasteiger partial charge < -0.3 is 15.4 Å². The summed E-state index contributed by atoms with van der Waals surface area (Å²) in [6, 6.07) is -0.826. The number of carbonyl (C=O) groups excluding carboxylic acids is 3. The molecule has 0 spiro atoms. The van der Waals surface area contributed by atoms with Gasteiger partial charge >= 0.3 is 18.1 Å². The minimum Gasteiger partial charge on any atom is -0.464 e. The molecule has 1 unspecified atom stereocenters. The van der Waals surface area contributed by atoms with Gasteiger partial charge in [-0.15, -0.1) is 0 Å². The van der Waals surface area contributed by atoms with Crippen molar-refractivity contribution in [2.45, 2.75) is 64.6 Å². The van der Waals surface area contributed by atoms with E-state index < -0.39 is 24.1 Å². The van der Waals surface area contributed by atoms with E-state index in [2.05, 4.69) is 5.32 Å². The van der Waals surface area contributed by atoms with Crippen molar-refractivity contribution in [3.8, 4) is 0 Å². The van der Waals surface area contributed by atoms with Gasteiger partial charge in [0, 0.05) is 13.0 Å². The molecule has 0 aliphatic heterocycles. The molecule has 2 amide bonds. The second-order valence-corrected chi connectivity index (χ2v) is 5.24. The van der Waals surface area contributed by atoms with Gasteiger partial charge in [-0.3, -0.25) is 9.59 Å². The summed E-state index contributed by atoms with van der Waals surface area (Å²) in [6.45, 7) is 3.69. The van der Waals surface area contributed by atoms with Crippen LogP contribution in [-0.2, 0) is 19.1 Å². The normalized spacial score (nSPS) is 12.4. The van der Waals surface area contributed by atoms with E-state index in [0.717, 1.165) is 6.42 Å². The Hall–Kier alpha value is -1.80. The zero-order valence-corrected chi connectivity index (χ0v) is 14.0. The molecule has 9 heteroatoms. The average molecular weight is 354 g/mol. The average Bonchev–Trinajstić information content (AvgIpc) is 2.52. The molecule has 0 bridgehead atoms. The molecule has 0 radical (unpaired) electrons. The highest BCUT2D eigenvalue weighted by molar-refractivity contribution is 5.84. The molecule has 0 heterocycles. The molecular formula is C15H25F3N2O4. The number of esters is 1. The van der Waals surface area contributed by atoms with E-state index in [1.807, 2.05) is 6.92 Å². The number of alkyl halides is 3. The zero-order chi connectivity index (χ0) is 18.6. The predicted molar refractivity (Wildman–Crippen MR) is 81.0 cm³/mol. The Kier molecular flexibility index (Phi) is 10.8. The lowest BCUT2D eigenvalue weighted by Crippen LogP contribution is -2.42. The summed E-state index contributed by atoms with van der Waals surface area (Å²) in [6.07, 6.45) is -2.28. The van der Waals surface area contributed by atoms with Gasteiger partial charge in [-0.2, -0.15) is 13.2 Å². The standard InChI is InChI=1S/C15H25F3N2O4/c1-3-5-10-24-13(22)11(20-12(21)4-2)8-6-7-9-19-14(23)15(16,17)18/h11H,3-10H2,1-2H3,(H,19,23)(H,20,21). The molecule has 0 aliphatic carbocycles. The van der Waals surface area contributed by atoms with Crippen LogP contribution in [0, 0.1) is 0 Å². The third-order valence-corrected chi connectivity index (χ3v) is 3.15. The fourth-order valence-electron chi connectivity index (χ4n) is 1.74. The predicted octanol–water partition coefficient (Wildman–Crippen LogP) is 2.07. The Morgan fingerprint density at radius 3 is 2.29 bits per heavy atom. The Labute approximate surface area is 139 Å². The fourth-order valence-corrected chi connectivity index (χ4v) is 1.74. The van der Waals surface area contributed by atoms with Crippen molar-refractivity contribution < 1.29 is 32.3 Å². The highest BCUT2D eigenvalue weighted by Gasteiger charge is 2.38. The van der Waals surface area contributed by atoms with Gasteiger partial charge in [0.05, 0.1) is 6.61 Å². The lowest BCUT2D eigenvalue weighted by molar-refractivity contribution is -0.173. The quantitative estimate of drug-likeness (QED) is 0.439. The number of carbonyl (C=O) groups is 3. The molecule has 0 aromatic heterocycles. The van der Waals surface area contributed by atoms with Gasteiger partial charge in [0.25, 0.3) is 0 Å².